The molecular formula is C38H48F2N4O5S. The number of likely N-dealkylation sites (tertiary alicyclic amines) is 1. The Labute approximate surface area is 294 Å². The number of nitrogens with zero attached hydrogens (tertiary/aromatic N) is 3. The summed E-state index contributed by atoms with van der Waals surface area (Å²) < 4.78 is 59.9. The van der Waals surface area contributed by atoms with Crippen molar-refractivity contribution in [2.24, 2.45) is 28.0 Å². The molecule has 1 saturated carbocycles. The van der Waals surface area contributed by atoms with Gasteiger partial charge >= 0.3 is 6.03 Å². The molecule has 9 nitrogen and oxygen atoms in total. The Balaban J connectivity index is 1.27. The zero-order valence-electron chi connectivity index (χ0n) is 29.1. The minimum absolute atomic E-state index is 0.0772. The number of carbonyl (C=O) groups is 2. The Morgan fingerprint density at radius 3 is 2.72 bits per heavy atom. The Bertz CT molecular complexity index is 1790. The molecule has 2 aromatic carbocycles. The molecule has 3 amide bonds. The van der Waals surface area contributed by atoms with Crippen LogP contribution in [0.5, 0.6) is 5.75 Å². The average molecular weight is 711 g/mol. The number of hydrogen-bond acceptors (Lipinski definition) is 6. The summed E-state index contributed by atoms with van der Waals surface area (Å²) in [5, 5.41) is 0. The maximum atomic E-state index is 14.3. The predicted octanol–water partition coefficient (Wildman–Crippen LogP) is 6.54. The molecule has 12 heteroatoms. The fourth-order valence-corrected chi connectivity index (χ4v) is 10.5. The van der Waals surface area contributed by atoms with Crippen LogP contribution in [-0.2, 0) is 26.5 Å². The Morgan fingerprint density at radius 1 is 1.16 bits per heavy atom. The van der Waals surface area contributed by atoms with Crippen molar-refractivity contribution in [2.45, 2.75) is 70.3 Å². The van der Waals surface area contributed by atoms with Crippen molar-refractivity contribution in [3.05, 3.63) is 70.8 Å². The van der Waals surface area contributed by atoms with Crippen LogP contribution in [0.2, 0.25) is 0 Å². The molecule has 7 rings (SSSR count). The molecule has 3 heterocycles. The molecule has 6 atom stereocenters. The Kier molecular flexibility index (Phi) is 9.71. The van der Waals surface area contributed by atoms with Gasteiger partial charge in [-0.25, -0.2) is 17.8 Å². The van der Waals surface area contributed by atoms with Gasteiger partial charge in [0.2, 0.25) is 6.43 Å². The van der Waals surface area contributed by atoms with E-state index in [1.54, 1.807) is 25.3 Å². The minimum Gasteiger partial charge on any atom is -0.490 e. The van der Waals surface area contributed by atoms with Gasteiger partial charge in [-0.1, -0.05) is 42.8 Å². The molecule has 3 aliphatic heterocycles. The molecule has 0 radical (unpaired) electrons. The SMILES string of the molecule is CO[C@H]1/C=C/C[C@H](C)CS(=O)(NC(=O)N2CC(C(F)F)C2)=NC(=O)c2ccc3c(c2)N(C[C@@H]2CC[C@H]21)C[C@@]1(CCCc2cc(C)ccc21)CO3. The number of amides is 3. The molecule has 0 aromatic heterocycles. The van der Waals surface area contributed by atoms with Crippen LogP contribution >= 0.6 is 0 Å². The smallest absolute Gasteiger partial charge is 0.329 e. The Hall–Kier alpha value is -3.51. The lowest BCUT2D eigenvalue weighted by molar-refractivity contribution is -0.00359. The first-order valence-corrected chi connectivity index (χ1v) is 19.6. The van der Waals surface area contributed by atoms with Gasteiger partial charge in [0, 0.05) is 44.3 Å². The number of methoxy groups -OCH3 is 1. The molecule has 2 bridgehead atoms. The van der Waals surface area contributed by atoms with E-state index in [1.165, 1.54) is 21.6 Å². The van der Waals surface area contributed by atoms with E-state index in [9.17, 15) is 22.6 Å². The summed E-state index contributed by atoms with van der Waals surface area (Å²) in [6, 6.07) is 11.2. The number of nitrogens with one attached hydrogen (secondary N) is 1. The number of carbonyl (C=O) groups excluding carboxylic acids is 2. The number of ether oxygens (including phenoxy) is 2. The number of alkyl halides is 2. The highest BCUT2D eigenvalue weighted by atomic mass is 32.2. The molecule has 1 unspecified atom stereocenters. The van der Waals surface area contributed by atoms with Gasteiger partial charge < -0.3 is 19.3 Å². The minimum atomic E-state index is -3.61. The summed E-state index contributed by atoms with van der Waals surface area (Å²) in [4.78, 5) is 30.5. The quantitative estimate of drug-likeness (QED) is 0.364. The van der Waals surface area contributed by atoms with Gasteiger partial charge in [0.25, 0.3) is 5.91 Å². The van der Waals surface area contributed by atoms with Gasteiger partial charge in [-0.3, -0.25) is 9.52 Å². The summed E-state index contributed by atoms with van der Waals surface area (Å²) in [6.45, 7) is 5.75. The molecule has 1 N–H and O–H groups in total. The van der Waals surface area contributed by atoms with Crippen LogP contribution < -0.4 is 14.4 Å². The van der Waals surface area contributed by atoms with Gasteiger partial charge in [-0.05, 0) is 92.5 Å². The first-order valence-electron chi connectivity index (χ1n) is 17.9. The van der Waals surface area contributed by atoms with Crippen molar-refractivity contribution in [2.75, 3.05) is 50.5 Å². The molecule has 1 spiro atoms. The van der Waals surface area contributed by atoms with E-state index in [1.807, 2.05) is 13.0 Å². The van der Waals surface area contributed by atoms with Gasteiger partial charge in [-0.15, -0.1) is 4.36 Å². The average Bonchev–Trinajstić information content (AvgIpc) is 3.17. The van der Waals surface area contributed by atoms with Gasteiger partial charge in [0.1, 0.15) is 15.7 Å². The number of hydrogen-bond donors (Lipinski definition) is 1. The second-order valence-corrected chi connectivity index (χ2v) is 17.2. The number of benzene rings is 2. The van der Waals surface area contributed by atoms with E-state index in [-0.39, 0.29) is 41.8 Å². The Morgan fingerprint density at radius 2 is 1.98 bits per heavy atom. The normalized spacial score (nSPS) is 32.1. The van der Waals surface area contributed by atoms with Crippen molar-refractivity contribution in [1.82, 2.24) is 9.62 Å². The first-order chi connectivity index (χ1) is 24.0. The molecule has 2 aromatic rings. The second kappa shape index (κ2) is 13.9. The fourth-order valence-electron chi connectivity index (χ4n) is 8.57. The second-order valence-electron chi connectivity index (χ2n) is 15.2. The third-order valence-electron chi connectivity index (χ3n) is 11.5. The maximum Gasteiger partial charge on any atom is 0.329 e. The van der Waals surface area contributed by atoms with E-state index in [4.69, 9.17) is 9.47 Å². The first kappa shape index (κ1) is 34.9. The van der Waals surface area contributed by atoms with E-state index in [2.05, 4.69) is 45.2 Å². The highest BCUT2D eigenvalue weighted by Gasteiger charge is 2.44. The zero-order valence-corrected chi connectivity index (χ0v) is 29.9. The molecule has 5 aliphatic rings. The van der Waals surface area contributed by atoms with Crippen LogP contribution in [0.25, 0.3) is 0 Å². The van der Waals surface area contributed by atoms with Crippen molar-refractivity contribution >= 4 is 27.5 Å². The number of fused-ring (bicyclic) bond motifs is 4. The lowest BCUT2D eigenvalue weighted by Gasteiger charge is -2.46. The van der Waals surface area contributed by atoms with Crippen molar-refractivity contribution in [3.63, 3.8) is 0 Å². The van der Waals surface area contributed by atoms with Crippen molar-refractivity contribution in [3.8, 4) is 5.75 Å². The molecule has 2 aliphatic carbocycles. The molecule has 270 valence electrons. The lowest BCUT2D eigenvalue weighted by Crippen LogP contribution is -2.57. The summed E-state index contributed by atoms with van der Waals surface area (Å²) in [5.74, 6) is -0.530. The van der Waals surface area contributed by atoms with Crippen LogP contribution in [0.4, 0.5) is 19.3 Å². The van der Waals surface area contributed by atoms with Crippen LogP contribution in [0.15, 0.2) is 52.9 Å². The van der Waals surface area contributed by atoms with E-state index >= 15 is 0 Å². The summed E-state index contributed by atoms with van der Waals surface area (Å²) in [5.41, 5.74) is 4.76. The monoisotopic (exact) mass is 710 g/mol. The number of aryl methyl sites for hydroxylation is 2. The summed E-state index contributed by atoms with van der Waals surface area (Å²) >= 11 is 0. The highest BCUT2D eigenvalue weighted by Crippen LogP contribution is 2.47. The van der Waals surface area contributed by atoms with Crippen LogP contribution in [-0.4, -0.2) is 79.2 Å². The van der Waals surface area contributed by atoms with Crippen LogP contribution in [0.1, 0.15) is 66.1 Å². The van der Waals surface area contributed by atoms with E-state index in [0.717, 1.165) is 50.9 Å². The topological polar surface area (TPSA) is 101 Å². The fraction of sp³-hybridized carbons (Fsp3) is 0.579. The number of allylic oxidation sites excluding steroid dienone is 1. The third kappa shape index (κ3) is 6.89. The van der Waals surface area contributed by atoms with Gasteiger partial charge in [0.05, 0.1) is 30.1 Å². The van der Waals surface area contributed by atoms with E-state index < -0.39 is 34.2 Å². The molecule has 50 heavy (non-hydrogen) atoms. The zero-order chi connectivity index (χ0) is 35.2. The lowest BCUT2D eigenvalue weighted by atomic mass is 9.68. The number of anilines is 1. The van der Waals surface area contributed by atoms with Gasteiger partial charge in [-0.2, -0.15) is 0 Å². The highest BCUT2D eigenvalue weighted by molar-refractivity contribution is 7.92. The number of rotatable bonds is 3. The van der Waals surface area contributed by atoms with Gasteiger partial charge in [0.15, 0.2) is 0 Å². The largest absolute Gasteiger partial charge is 0.490 e. The molecular weight excluding hydrogens is 663 g/mol. The third-order valence-corrected chi connectivity index (χ3v) is 13.5. The van der Waals surface area contributed by atoms with Crippen LogP contribution in [0.3, 0.4) is 0 Å². The summed E-state index contributed by atoms with van der Waals surface area (Å²) in [6.07, 6.45) is 7.25. The predicted molar refractivity (Wildman–Crippen MR) is 189 cm³/mol. The number of halogens is 2. The van der Waals surface area contributed by atoms with E-state index in [0.29, 0.717) is 30.6 Å². The standard InChI is InChI=1S/C38H48F2N4O5S/c1-24-9-13-31-26(16-24)7-5-15-38(31)22-44-18-28-10-12-30(28)33(48-3)8-4-6-25(2)21-50(47,42-37(46)43-19-29(20-43)35(39)40)41-36(45)27-11-14-34(49-23-38)32(44)17-27/h4,8-9,11,13-14,16-17,25,28-30,33,35H,5-7,10,12,15,18-23H2,1-3H3,(H,41,42,45,46,47)/b8-4+/t25-,28-,30+,33-,38-,50?/m0/s1. The summed E-state index contributed by atoms with van der Waals surface area (Å²) in [7, 11) is -1.87. The van der Waals surface area contributed by atoms with Crippen molar-refractivity contribution in [1.29, 1.82) is 0 Å². The molecule has 2 fully saturated rings. The maximum absolute atomic E-state index is 14.3. The number of urea groups is 1. The molecule has 1 saturated heterocycles. The van der Waals surface area contributed by atoms with Crippen molar-refractivity contribution < 1.29 is 32.1 Å². The van der Waals surface area contributed by atoms with Crippen LogP contribution in [0, 0.1) is 30.6 Å².